The molecule has 1 aromatic rings. The summed E-state index contributed by atoms with van der Waals surface area (Å²) in [6.45, 7) is -0.142. The molecule has 0 aliphatic rings. The van der Waals surface area contributed by atoms with E-state index in [-0.39, 0.29) is 20.5 Å². The molecule has 0 unspecified atom stereocenters. The largest absolute Gasteiger partial charge is 0.406 e. The van der Waals surface area contributed by atoms with Gasteiger partial charge in [-0.05, 0) is 24.6 Å². The van der Waals surface area contributed by atoms with Crippen molar-refractivity contribution in [3.05, 3.63) is 27.7 Å². The number of carbonyl (C=O) groups excluding carboxylic acids is 1. The van der Waals surface area contributed by atoms with Crippen LogP contribution in [0.15, 0.2) is 21.5 Å². The fourth-order valence-corrected chi connectivity index (χ4v) is 3.51. The Kier molecular flexibility index (Phi) is 5.33. The summed E-state index contributed by atoms with van der Waals surface area (Å²) in [5, 5.41) is 0. The lowest BCUT2D eigenvalue weighted by atomic mass is 10.1. The van der Waals surface area contributed by atoms with Crippen LogP contribution in [0.4, 0.5) is 13.2 Å². The highest BCUT2D eigenvalue weighted by Crippen LogP contribution is 2.28. The van der Waals surface area contributed by atoms with Crippen molar-refractivity contribution >= 4 is 41.6 Å². The number of halogens is 5. The van der Waals surface area contributed by atoms with Crippen LogP contribution >= 0.6 is 26.6 Å². The van der Waals surface area contributed by atoms with Gasteiger partial charge < -0.3 is 4.90 Å². The third-order valence-corrected chi connectivity index (χ3v) is 4.49. The molecule has 1 rings (SSSR count). The van der Waals surface area contributed by atoms with Crippen molar-refractivity contribution in [2.45, 2.75) is 18.0 Å². The Labute approximate surface area is 132 Å². The van der Waals surface area contributed by atoms with E-state index in [1.165, 1.54) is 19.1 Å². The highest BCUT2D eigenvalue weighted by atomic mass is 79.9. The summed E-state index contributed by atoms with van der Waals surface area (Å²) in [5.41, 5.74) is -0.178. The number of benzene rings is 1. The van der Waals surface area contributed by atoms with Gasteiger partial charge in [0.2, 0.25) is 0 Å². The second kappa shape index (κ2) is 6.13. The van der Waals surface area contributed by atoms with Crippen molar-refractivity contribution in [1.29, 1.82) is 0 Å². The number of rotatable bonds is 3. The van der Waals surface area contributed by atoms with Crippen molar-refractivity contribution in [3.8, 4) is 0 Å². The van der Waals surface area contributed by atoms with Gasteiger partial charge in [-0.1, -0.05) is 15.9 Å². The Morgan fingerprint density at radius 1 is 1.38 bits per heavy atom. The highest BCUT2D eigenvalue weighted by Gasteiger charge is 2.32. The summed E-state index contributed by atoms with van der Waals surface area (Å²) in [6, 6.07) is 2.42. The topological polar surface area (TPSA) is 54.5 Å². The van der Waals surface area contributed by atoms with Gasteiger partial charge in [0, 0.05) is 27.8 Å². The minimum atomic E-state index is -4.55. The molecule has 10 heteroatoms. The third kappa shape index (κ3) is 4.86. The summed E-state index contributed by atoms with van der Waals surface area (Å²) in [5.74, 6) is -0.951. The molecule has 0 saturated heterocycles. The van der Waals surface area contributed by atoms with E-state index in [0.717, 1.165) is 7.05 Å². The molecule has 0 saturated carbocycles. The molecule has 0 spiro atoms. The van der Waals surface area contributed by atoms with E-state index in [1.54, 1.807) is 0 Å². The fraction of sp³-hybridized carbons (Fsp3) is 0.364. The van der Waals surface area contributed by atoms with E-state index in [2.05, 4.69) is 15.9 Å². The zero-order valence-electron chi connectivity index (χ0n) is 10.8. The molecule has 0 bridgehead atoms. The van der Waals surface area contributed by atoms with E-state index in [1.807, 2.05) is 0 Å². The van der Waals surface area contributed by atoms with E-state index < -0.39 is 27.7 Å². The van der Waals surface area contributed by atoms with Crippen molar-refractivity contribution in [3.63, 3.8) is 0 Å². The predicted octanol–water partition coefficient (Wildman–Crippen LogP) is 3.32. The van der Waals surface area contributed by atoms with Crippen molar-refractivity contribution < 1.29 is 26.4 Å². The zero-order valence-corrected chi connectivity index (χ0v) is 14.0. The van der Waals surface area contributed by atoms with E-state index in [0.29, 0.717) is 4.90 Å². The van der Waals surface area contributed by atoms with Crippen LogP contribution in [-0.4, -0.2) is 39.0 Å². The van der Waals surface area contributed by atoms with Gasteiger partial charge in [0.25, 0.3) is 15.0 Å². The summed E-state index contributed by atoms with van der Waals surface area (Å²) in [7, 11) is 2.10. The normalized spacial score (nSPS) is 12.3. The molecule has 0 atom stereocenters. The average molecular weight is 409 g/mol. The van der Waals surface area contributed by atoms with Crippen LogP contribution in [0, 0.1) is 6.92 Å². The average Bonchev–Trinajstić information content (AvgIpc) is 2.27. The number of alkyl halides is 3. The summed E-state index contributed by atoms with van der Waals surface area (Å²) in [6.07, 6.45) is -4.55. The zero-order chi connectivity index (χ0) is 16.6. The molecule has 0 aliphatic carbocycles. The van der Waals surface area contributed by atoms with Crippen LogP contribution in [0.2, 0.25) is 0 Å². The Morgan fingerprint density at radius 2 is 1.90 bits per heavy atom. The van der Waals surface area contributed by atoms with Crippen LogP contribution < -0.4 is 0 Å². The van der Waals surface area contributed by atoms with Gasteiger partial charge >= 0.3 is 6.18 Å². The molecule has 0 radical (unpaired) electrons. The second-order valence-electron chi connectivity index (χ2n) is 4.29. The number of amides is 1. The lowest BCUT2D eigenvalue weighted by Gasteiger charge is -2.20. The first-order valence-corrected chi connectivity index (χ1v) is 8.50. The maximum Gasteiger partial charge on any atom is 0.406 e. The molecule has 118 valence electrons. The molecule has 0 fully saturated rings. The number of carbonyl (C=O) groups is 1. The van der Waals surface area contributed by atoms with Crippen molar-refractivity contribution in [2.24, 2.45) is 0 Å². The maximum atomic E-state index is 12.3. The third-order valence-electron chi connectivity index (χ3n) is 2.58. The van der Waals surface area contributed by atoms with Crippen LogP contribution in [0.5, 0.6) is 0 Å². The lowest BCUT2D eigenvalue weighted by molar-refractivity contribution is -0.138. The molecule has 1 aromatic carbocycles. The molecule has 0 heterocycles. The predicted molar refractivity (Wildman–Crippen MR) is 74.9 cm³/mol. The molecule has 21 heavy (non-hydrogen) atoms. The second-order valence-corrected chi connectivity index (χ2v) is 7.74. The Bertz CT molecular complexity index is 676. The van der Waals surface area contributed by atoms with E-state index in [4.69, 9.17) is 10.7 Å². The standard InChI is InChI=1S/C11H10BrClF3NO3S/c1-6-8(10(18)17(2)5-11(14,15)16)3-7(12)4-9(6)21(13,19)20/h3-4H,5H2,1-2H3. The van der Waals surface area contributed by atoms with Crippen LogP contribution in [0.25, 0.3) is 0 Å². The van der Waals surface area contributed by atoms with Crippen LogP contribution in [0.1, 0.15) is 15.9 Å². The molecule has 4 nitrogen and oxygen atoms in total. The van der Waals surface area contributed by atoms with Gasteiger partial charge in [0.1, 0.15) is 6.54 Å². The minimum Gasteiger partial charge on any atom is -0.333 e. The summed E-state index contributed by atoms with van der Waals surface area (Å²) >= 11 is 3.00. The van der Waals surface area contributed by atoms with Gasteiger partial charge in [0.15, 0.2) is 0 Å². The number of hydrogen-bond acceptors (Lipinski definition) is 3. The van der Waals surface area contributed by atoms with Crippen molar-refractivity contribution in [1.82, 2.24) is 4.90 Å². The van der Waals surface area contributed by atoms with Crippen molar-refractivity contribution in [2.75, 3.05) is 13.6 Å². The fourth-order valence-electron chi connectivity index (χ4n) is 1.68. The van der Waals surface area contributed by atoms with Gasteiger partial charge in [-0.3, -0.25) is 4.79 Å². The molecule has 0 N–H and O–H groups in total. The minimum absolute atomic E-state index is 0.00720. The first-order chi connectivity index (χ1) is 9.33. The van der Waals surface area contributed by atoms with E-state index in [9.17, 15) is 26.4 Å². The Morgan fingerprint density at radius 3 is 2.33 bits per heavy atom. The molecular weight excluding hydrogens is 399 g/mol. The molecule has 0 aromatic heterocycles. The first-order valence-electron chi connectivity index (χ1n) is 5.40. The SMILES string of the molecule is Cc1c(C(=O)N(C)CC(F)(F)F)cc(Br)cc1S(=O)(=O)Cl. The number of hydrogen-bond donors (Lipinski definition) is 0. The van der Waals surface area contributed by atoms with Gasteiger partial charge in [-0.2, -0.15) is 13.2 Å². The molecule has 1 amide bonds. The van der Waals surface area contributed by atoms with Gasteiger partial charge in [-0.25, -0.2) is 8.42 Å². The number of nitrogens with zero attached hydrogens (tertiary/aromatic N) is 1. The van der Waals surface area contributed by atoms with Gasteiger partial charge in [0.05, 0.1) is 4.90 Å². The molecular formula is C11H10BrClF3NO3S. The van der Waals surface area contributed by atoms with Crippen LogP contribution in [0.3, 0.4) is 0 Å². The lowest BCUT2D eigenvalue weighted by Crippen LogP contribution is -2.36. The first kappa shape index (κ1) is 18.2. The summed E-state index contributed by atoms with van der Waals surface area (Å²) in [4.78, 5) is 12.2. The molecule has 0 aliphatic heterocycles. The monoisotopic (exact) mass is 407 g/mol. The summed E-state index contributed by atoms with van der Waals surface area (Å²) < 4.78 is 60.0. The Hall–Kier alpha value is -0.800. The maximum absolute atomic E-state index is 12.3. The Balaban J connectivity index is 3.32. The smallest absolute Gasteiger partial charge is 0.333 e. The highest BCUT2D eigenvalue weighted by molar-refractivity contribution is 9.10. The van der Waals surface area contributed by atoms with Gasteiger partial charge in [-0.15, -0.1) is 0 Å². The van der Waals surface area contributed by atoms with E-state index >= 15 is 0 Å². The van der Waals surface area contributed by atoms with Crippen LogP contribution in [-0.2, 0) is 9.05 Å². The quantitative estimate of drug-likeness (QED) is 0.721.